The molecule has 0 fully saturated rings. The first-order valence-corrected chi connectivity index (χ1v) is 6.72. The Bertz CT molecular complexity index is 473. The van der Waals surface area contributed by atoms with Gasteiger partial charge in [-0.25, -0.2) is 0 Å². The molecule has 16 heavy (non-hydrogen) atoms. The van der Waals surface area contributed by atoms with Gasteiger partial charge in [0.2, 0.25) is 0 Å². The van der Waals surface area contributed by atoms with E-state index in [-0.39, 0.29) is 0 Å². The summed E-state index contributed by atoms with van der Waals surface area (Å²) in [7, 11) is 2.03. The predicted octanol–water partition coefficient (Wildman–Crippen LogP) is 3.92. The van der Waals surface area contributed by atoms with Gasteiger partial charge in [-0.2, -0.15) is 0 Å². The summed E-state index contributed by atoms with van der Waals surface area (Å²) in [5.74, 6) is 0.640. The van der Waals surface area contributed by atoms with Crippen LogP contribution in [0.5, 0.6) is 0 Å². The van der Waals surface area contributed by atoms with Gasteiger partial charge in [0.05, 0.1) is 0 Å². The molecule has 1 N–H and O–H groups in total. The Balaban J connectivity index is 2.53. The third-order valence-corrected chi connectivity index (χ3v) is 4.27. The summed E-state index contributed by atoms with van der Waals surface area (Å²) >= 11 is 1.92. The van der Waals surface area contributed by atoms with E-state index in [2.05, 4.69) is 43.4 Å². The van der Waals surface area contributed by atoms with Gasteiger partial charge in [-0.15, -0.1) is 11.3 Å². The summed E-state index contributed by atoms with van der Waals surface area (Å²) in [5, 5.41) is 4.75. The quantitative estimate of drug-likeness (QED) is 0.844. The first kappa shape index (κ1) is 11.6. The molecule has 0 radical (unpaired) electrons. The molecule has 1 nitrogen and oxygen atoms in total. The fourth-order valence-electron chi connectivity index (χ4n) is 2.39. The number of aryl methyl sites for hydroxylation is 1. The van der Waals surface area contributed by atoms with Gasteiger partial charge in [0, 0.05) is 16.1 Å². The molecule has 0 spiro atoms. The van der Waals surface area contributed by atoms with Crippen LogP contribution >= 0.6 is 11.3 Å². The Morgan fingerprint density at radius 1 is 1.31 bits per heavy atom. The number of rotatable bonds is 4. The standard InChI is InChI=1S/C14H19NS/c1-4-11(9-15-3)14-10(2)16-13-8-6-5-7-12(13)14/h5-8,11,15H,4,9H2,1-3H3. The average molecular weight is 233 g/mol. The SMILES string of the molecule is CCC(CNC)c1c(C)sc2ccccc12. The number of thiophene rings is 1. The van der Waals surface area contributed by atoms with E-state index in [0.717, 1.165) is 6.54 Å². The second kappa shape index (κ2) is 4.98. The smallest absolute Gasteiger partial charge is 0.0348 e. The molecule has 0 aliphatic carbocycles. The molecule has 0 aliphatic heterocycles. The second-order valence-electron chi connectivity index (χ2n) is 4.23. The Kier molecular flexibility index (Phi) is 3.62. The maximum absolute atomic E-state index is 3.30. The third kappa shape index (κ3) is 2.00. The molecule has 86 valence electrons. The first-order chi connectivity index (χ1) is 7.77. The van der Waals surface area contributed by atoms with E-state index in [1.54, 1.807) is 5.56 Å². The number of hydrogen-bond donors (Lipinski definition) is 1. The van der Waals surface area contributed by atoms with Gasteiger partial charge < -0.3 is 5.32 Å². The Morgan fingerprint density at radius 2 is 2.06 bits per heavy atom. The van der Waals surface area contributed by atoms with Crippen molar-refractivity contribution in [2.24, 2.45) is 0 Å². The van der Waals surface area contributed by atoms with Crippen molar-refractivity contribution >= 4 is 21.4 Å². The van der Waals surface area contributed by atoms with Crippen LogP contribution in [0.15, 0.2) is 24.3 Å². The number of likely N-dealkylation sites (N-methyl/N-ethyl adjacent to an activating group) is 1. The van der Waals surface area contributed by atoms with Crippen molar-refractivity contribution < 1.29 is 0 Å². The molecule has 1 aromatic carbocycles. The van der Waals surface area contributed by atoms with Crippen molar-refractivity contribution in [3.05, 3.63) is 34.7 Å². The van der Waals surface area contributed by atoms with Crippen molar-refractivity contribution in [1.82, 2.24) is 5.32 Å². The highest BCUT2D eigenvalue weighted by molar-refractivity contribution is 7.19. The minimum absolute atomic E-state index is 0.640. The van der Waals surface area contributed by atoms with E-state index < -0.39 is 0 Å². The van der Waals surface area contributed by atoms with E-state index in [9.17, 15) is 0 Å². The zero-order valence-electron chi connectivity index (χ0n) is 10.2. The lowest BCUT2D eigenvalue weighted by atomic mass is 9.94. The molecule has 1 atom stereocenters. The summed E-state index contributed by atoms with van der Waals surface area (Å²) in [4.78, 5) is 1.48. The Hall–Kier alpha value is -0.860. The van der Waals surface area contributed by atoms with E-state index in [1.807, 2.05) is 18.4 Å². The second-order valence-corrected chi connectivity index (χ2v) is 5.49. The number of fused-ring (bicyclic) bond motifs is 1. The lowest BCUT2D eigenvalue weighted by Gasteiger charge is -2.15. The maximum Gasteiger partial charge on any atom is 0.0348 e. The zero-order valence-corrected chi connectivity index (χ0v) is 11.0. The summed E-state index contributed by atoms with van der Waals surface area (Å²) < 4.78 is 1.42. The molecular formula is C14H19NS. The molecule has 1 heterocycles. The van der Waals surface area contributed by atoms with Crippen molar-refractivity contribution in [2.45, 2.75) is 26.2 Å². The van der Waals surface area contributed by atoms with Crippen molar-refractivity contribution in [3.8, 4) is 0 Å². The monoisotopic (exact) mass is 233 g/mol. The third-order valence-electron chi connectivity index (χ3n) is 3.17. The van der Waals surface area contributed by atoms with E-state index in [0.29, 0.717) is 5.92 Å². The van der Waals surface area contributed by atoms with Gasteiger partial charge in [-0.1, -0.05) is 25.1 Å². The highest BCUT2D eigenvalue weighted by Crippen LogP contribution is 2.36. The highest BCUT2D eigenvalue weighted by atomic mass is 32.1. The zero-order chi connectivity index (χ0) is 11.5. The lowest BCUT2D eigenvalue weighted by Crippen LogP contribution is -2.16. The molecule has 0 amide bonds. The van der Waals surface area contributed by atoms with Gasteiger partial charge in [0.15, 0.2) is 0 Å². The summed E-state index contributed by atoms with van der Waals surface area (Å²) in [6, 6.07) is 8.75. The summed E-state index contributed by atoms with van der Waals surface area (Å²) in [5.41, 5.74) is 1.55. The van der Waals surface area contributed by atoms with Crippen LogP contribution in [0.25, 0.3) is 10.1 Å². The van der Waals surface area contributed by atoms with Gasteiger partial charge in [0.1, 0.15) is 0 Å². The highest BCUT2D eigenvalue weighted by Gasteiger charge is 2.16. The van der Waals surface area contributed by atoms with Crippen LogP contribution < -0.4 is 5.32 Å². The van der Waals surface area contributed by atoms with Gasteiger partial charge in [-0.05, 0) is 43.3 Å². The average Bonchev–Trinajstić information content (AvgIpc) is 2.62. The van der Waals surface area contributed by atoms with E-state index in [1.165, 1.54) is 21.4 Å². The van der Waals surface area contributed by atoms with Gasteiger partial charge in [0.25, 0.3) is 0 Å². The summed E-state index contributed by atoms with van der Waals surface area (Å²) in [6.45, 7) is 5.59. The maximum atomic E-state index is 3.30. The molecule has 0 bridgehead atoms. The van der Waals surface area contributed by atoms with Crippen LogP contribution in [0.4, 0.5) is 0 Å². The fraction of sp³-hybridized carbons (Fsp3) is 0.429. The van der Waals surface area contributed by atoms with Gasteiger partial charge >= 0.3 is 0 Å². The van der Waals surface area contributed by atoms with Crippen LogP contribution in [0, 0.1) is 6.92 Å². The molecule has 2 rings (SSSR count). The lowest BCUT2D eigenvalue weighted by molar-refractivity contribution is 0.614. The molecule has 0 saturated carbocycles. The van der Waals surface area contributed by atoms with Crippen LogP contribution in [0.1, 0.15) is 29.7 Å². The normalized spacial score (nSPS) is 13.2. The predicted molar refractivity (Wildman–Crippen MR) is 73.5 cm³/mol. The Labute approximate surface area is 101 Å². The van der Waals surface area contributed by atoms with Crippen molar-refractivity contribution in [3.63, 3.8) is 0 Å². The molecule has 1 unspecified atom stereocenters. The molecular weight excluding hydrogens is 214 g/mol. The minimum Gasteiger partial charge on any atom is -0.319 e. The van der Waals surface area contributed by atoms with Crippen LogP contribution in [-0.4, -0.2) is 13.6 Å². The molecule has 2 aromatic rings. The van der Waals surface area contributed by atoms with Crippen molar-refractivity contribution in [2.75, 3.05) is 13.6 Å². The number of benzene rings is 1. The van der Waals surface area contributed by atoms with Crippen LogP contribution in [0.3, 0.4) is 0 Å². The van der Waals surface area contributed by atoms with E-state index >= 15 is 0 Å². The minimum atomic E-state index is 0.640. The number of nitrogens with one attached hydrogen (secondary N) is 1. The van der Waals surface area contributed by atoms with Crippen LogP contribution in [-0.2, 0) is 0 Å². The molecule has 1 aromatic heterocycles. The molecule has 0 saturated heterocycles. The van der Waals surface area contributed by atoms with E-state index in [4.69, 9.17) is 0 Å². The molecule has 2 heteroatoms. The Morgan fingerprint density at radius 3 is 2.75 bits per heavy atom. The molecule has 0 aliphatic rings. The van der Waals surface area contributed by atoms with Crippen molar-refractivity contribution in [1.29, 1.82) is 0 Å². The van der Waals surface area contributed by atoms with Gasteiger partial charge in [-0.3, -0.25) is 0 Å². The largest absolute Gasteiger partial charge is 0.319 e. The summed E-state index contributed by atoms with van der Waals surface area (Å²) in [6.07, 6.45) is 1.20. The first-order valence-electron chi connectivity index (χ1n) is 5.90. The topological polar surface area (TPSA) is 12.0 Å². The van der Waals surface area contributed by atoms with Crippen LogP contribution in [0.2, 0.25) is 0 Å². The number of hydrogen-bond acceptors (Lipinski definition) is 2. The fourth-order valence-corrected chi connectivity index (χ4v) is 3.54.